The molecular formula is C15H22BrFN2. The van der Waals surface area contributed by atoms with Gasteiger partial charge in [0.2, 0.25) is 0 Å². The van der Waals surface area contributed by atoms with Gasteiger partial charge in [-0.2, -0.15) is 0 Å². The predicted molar refractivity (Wildman–Crippen MR) is 80.7 cm³/mol. The van der Waals surface area contributed by atoms with Gasteiger partial charge in [0.05, 0.1) is 0 Å². The van der Waals surface area contributed by atoms with Gasteiger partial charge in [-0.1, -0.05) is 15.9 Å². The highest BCUT2D eigenvalue weighted by Gasteiger charge is 2.23. The maximum Gasteiger partial charge on any atom is 0.124 e. The summed E-state index contributed by atoms with van der Waals surface area (Å²) < 4.78 is 14.2. The van der Waals surface area contributed by atoms with Crippen molar-refractivity contribution in [2.24, 2.45) is 0 Å². The second-order valence-electron chi connectivity index (χ2n) is 5.49. The van der Waals surface area contributed by atoms with Crippen molar-refractivity contribution in [1.29, 1.82) is 0 Å². The first-order valence-electron chi connectivity index (χ1n) is 6.91. The van der Waals surface area contributed by atoms with E-state index in [-0.39, 0.29) is 5.82 Å². The van der Waals surface area contributed by atoms with Gasteiger partial charge in [-0.3, -0.25) is 4.90 Å². The molecule has 1 aromatic carbocycles. The summed E-state index contributed by atoms with van der Waals surface area (Å²) in [6.07, 6.45) is 4.91. The van der Waals surface area contributed by atoms with Crippen LogP contribution >= 0.6 is 15.9 Å². The normalized spacial score (nSPS) is 23.8. The third-order valence-corrected chi connectivity index (χ3v) is 4.54. The summed E-state index contributed by atoms with van der Waals surface area (Å²) in [5, 5.41) is 3.35. The lowest BCUT2D eigenvalue weighted by Crippen LogP contribution is -2.39. The minimum Gasteiger partial charge on any atom is -0.317 e. The maximum absolute atomic E-state index is 13.4. The summed E-state index contributed by atoms with van der Waals surface area (Å²) in [5.74, 6) is -0.170. The molecule has 0 saturated heterocycles. The molecule has 0 aliphatic heterocycles. The summed E-state index contributed by atoms with van der Waals surface area (Å²) in [5.41, 5.74) is 1.03. The first-order valence-corrected chi connectivity index (χ1v) is 7.70. The Hall–Kier alpha value is -0.450. The Morgan fingerprint density at radius 3 is 2.53 bits per heavy atom. The minimum absolute atomic E-state index is 0.170. The summed E-state index contributed by atoms with van der Waals surface area (Å²) >= 11 is 3.35. The zero-order valence-electron chi connectivity index (χ0n) is 11.6. The molecule has 1 saturated carbocycles. The molecule has 0 amide bonds. The zero-order valence-corrected chi connectivity index (χ0v) is 13.2. The Morgan fingerprint density at radius 1 is 1.26 bits per heavy atom. The average Bonchev–Trinajstić information content (AvgIpc) is 2.37. The Morgan fingerprint density at radius 2 is 1.95 bits per heavy atom. The fourth-order valence-electron chi connectivity index (χ4n) is 2.92. The molecule has 2 rings (SSSR count). The van der Waals surface area contributed by atoms with E-state index in [1.54, 1.807) is 6.07 Å². The number of benzene rings is 1. The molecule has 1 N–H and O–H groups in total. The van der Waals surface area contributed by atoms with E-state index in [1.807, 2.05) is 13.1 Å². The van der Waals surface area contributed by atoms with Crippen LogP contribution in [0.5, 0.6) is 0 Å². The van der Waals surface area contributed by atoms with Gasteiger partial charge in [0.25, 0.3) is 0 Å². The maximum atomic E-state index is 13.4. The van der Waals surface area contributed by atoms with Crippen LogP contribution in [-0.2, 0) is 6.54 Å². The molecule has 106 valence electrons. The van der Waals surface area contributed by atoms with Crippen molar-refractivity contribution in [1.82, 2.24) is 10.2 Å². The molecular weight excluding hydrogens is 307 g/mol. The van der Waals surface area contributed by atoms with Crippen molar-refractivity contribution in [3.8, 4) is 0 Å². The van der Waals surface area contributed by atoms with Crippen molar-refractivity contribution in [2.75, 3.05) is 14.1 Å². The number of rotatable bonds is 4. The molecule has 0 bridgehead atoms. The van der Waals surface area contributed by atoms with Gasteiger partial charge < -0.3 is 5.32 Å². The summed E-state index contributed by atoms with van der Waals surface area (Å²) in [7, 11) is 4.18. The van der Waals surface area contributed by atoms with Crippen molar-refractivity contribution in [3.63, 3.8) is 0 Å². The Bertz CT molecular complexity index is 396. The van der Waals surface area contributed by atoms with Gasteiger partial charge in [0, 0.05) is 23.1 Å². The van der Waals surface area contributed by atoms with Crippen LogP contribution in [-0.4, -0.2) is 31.1 Å². The van der Waals surface area contributed by atoms with Crippen LogP contribution in [0, 0.1) is 5.82 Å². The van der Waals surface area contributed by atoms with Gasteiger partial charge in [-0.05, 0) is 63.5 Å². The molecule has 1 aromatic rings. The van der Waals surface area contributed by atoms with E-state index in [2.05, 4.69) is 33.2 Å². The lowest BCUT2D eigenvalue weighted by Gasteiger charge is -2.34. The Labute approximate surface area is 123 Å². The van der Waals surface area contributed by atoms with E-state index >= 15 is 0 Å². The molecule has 0 unspecified atom stereocenters. The molecule has 1 fully saturated rings. The highest BCUT2D eigenvalue weighted by atomic mass is 79.9. The van der Waals surface area contributed by atoms with Crippen LogP contribution in [0.25, 0.3) is 0 Å². The zero-order chi connectivity index (χ0) is 13.8. The van der Waals surface area contributed by atoms with E-state index in [4.69, 9.17) is 0 Å². The van der Waals surface area contributed by atoms with Gasteiger partial charge >= 0.3 is 0 Å². The fourth-order valence-corrected chi connectivity index (χ4v) is 3.44. The molecule has 1 aliphatic carbocycles. The van der Waals surface area contributed by atoms with Crippen LogP contribution < -0.4 is 5.32 Å². The highest BCUT2D eigenvalue weighted by molar-refractivity contribution is 9.10. The molecule has 0 heterocycles. The predicted octanol–water partition coefficient (Wildman–Crippen LogP) is 3.55. The van der Waals surface area contributed by atoms with Crippen molar-refractivity contribution in [3.05, 3.63) is 34.1 Å². The van der Waals surface area contributed by atoms with E-state index in [9.17, 15) is 4.39 Å². The van der Waals surface area contributed by atoms with Crippen LogP contribution in [0.3, 0.4) is 0 Å². The topological polar surface area (TPSA) is 15.3 Å². The molecule has 1 aliphatic rings. The number of nitrogens with zero attached hydrogens (tertiary/aromatic N) is 1. The lowest BCUT2D eigenvalue weighted by molar-refractivity contribution is 0.170. The van der Waals surface area contributed by atoms with Gasteiger partial charge in [-0.25, -0.2) is 4.39 Å². The standard InChI is InChI=1S/C15H22BrFN2/c1-18-14-3-5-15(6-4-14)19(2)10-11-7-12(16)9-13(17)8-11/h7-9,14-15,18H,3-6,10H2,1-2H3. The Balaban J connectivity index is 1.92. The van der Waals surface area contributed by atoms with Crippen molar-refractivity contribution in [2.45, 2.75) is 44.3 Å². The fraction of sp³-hybridized carbons (Fsp3) is 0.600. The van der Waals surface area contributed by atoms with Gasteiger partial charge in [-0.15, -0.1) is 0 Å². The van der Waals surface area contributed by atoms with Gasteiger partial charge in [0.15, 0.2) is 0 Å². The van der Waals surface area contributed by atoms with Crippen molar-refractivity contribution >= 4 is 15.9 Å². The van der Waals surface area contributed by atoms with Crippen LogP contribution in [0.15, 0.2) is 22.7 Å². The van der Waals surface area contributed by atoms with E-state index in [0.717, 1.165) is 16.6 Å². The second kappa shape index (κ2) is 6.82. The summed E-state index contributed by atoms with van der Waals surface area (Å²) in [6.45, 7) is 0.811. The SMILES string of the molecule is CNC1CCC(N(C)Cc2cc(F)cc(Br)c2)CC1. The van der Waals surface area contributed by atoms with Crippen molar-refractivity contribution < 1.29 is 4.39 Å². The number of hydrogen-bond acceptors (Lipinski definition) is 2. The van der Waals surface area contributed by atoms with Gasteiger partial charge in [0.1, 0.15) is 5.82 Å². The largest absolute Gasteiger partial charge is 0.317 e. The monoisotopic (exact) mass is 328 g/mol. The molecule has 4 heteroatoms. The second-order valence-corrected chi connectivity index (χ2v) is 6.40. The molecule has 0 atom stereocenters. The van der Waals surface area contributed by atoms with E-state index < -0.39 is 0 Å². The number of nitrogens with one attached hydrogen (secondary N) is 1. The van der Waals surface area contributed by atoms with Crippen LogP contribution in [0.1, 0.15) is 31.2 Å². The highest BCUT2D eigenvalue weighted by Crippen LogP contribution is 2.24. The Kier molecular flexibility index (Phi) is 5.37. The number of hydrogen-bond donors (Lipinski definition) is 1. The molecule has 0 spiro atoms. The first-order chi connectivity index (χ1) is 9.08. The van der Waals surface area contributed by atoms with E-state index in [0.29, 0.717) is 12.1 Å². The summed E-state index contributed by atoms with van der Waals surface area (Å²) in [4.78, 5) is 2.35. The average molecular weight is 329 g/mol. The summed E-state index contributed by atoms with van der Waals surface area (Å²) in [6, 6.07) is 6.42. The third-order valence-electron chi connectivity index (χ3n) is 4.08. The third kappa shape index (κ3) is 4.26. The molecule has 0 aromatic heterocycles. The number of halogens is 2. The molecule has 2 nitrogen and oxygen atoms in total. The van der Waals surface area contributed by atoms with Crippen LogP contribution in [0.2, 0.25) is 0 Å². The lowest BCUT2D eigenvalue weighted by atomic mass is 9.90. The smallest absolute Gasteiger partial charge is 0.124 e. The minimum atomic E-state index is -0.170. The first kappa shape index (κ1) is 14.9. The molecule has 19 heavy (non-hydrogen) atoms. The quantitative estimate of drug-likeness (QED) is 0.909. The van der Waals surface area contributed by atoms with Crippen LogP contribution in [0.4, 0.5) is 4.39 Å². The van der Waals surface area contributed by atoms with E-state index in [1.165, 1.54) is 31.7 Å². The molecule has 0 radical (unpaired) electrons.